The third-order valence-electron chi connectivity index (χ3n) is 4.58. The van der Waals surface area contributed by atoms with Crippen LogP contribution in [-0.4, -0.2) is 28.3 Å². The van der Waals surface area contributed by atoms with Gasteiger partial charge in [-0.15, -0.1) is 0 Å². The number of benzene rings is 1. The molecule has 1 aromatic heterocycles. The number of hydrogen-bond acceptors (Lipinski definition) is 3. The summed E-state index contributed by atoms with van der Waals surface area (Å²) in [6.07, 6.45) is 2.80. The number of nitrogens with one attached hydrogen (secondary N) is 2. The van der Waals surface area contributed by atoms with Crippen molar-refractivity contribution in [2.45, 2.75) is 52.2 Å². The van der Waals surface area contributed by atoms with Gasteiger partial charge < -0.3 is 10.6 Å². The van der Waals surface area contributed by atoms with E-state index in [0.717, 1.165) is 25.2 Å². The fourth-order valence-corrected chi connectivity index (χ4v) is 3.18. The van der Waals surface area contributed by atoms with Gasteiger partial charge in [-0.25, -0.2) is 0 Å². The van der Waals surface area contributed by atoms with E-state index in [9.17, 15) is 4.79 Å². The Morgan fingerprint density at radius 3 is 2.83 bits per heavy atom. The van der Waals surface area contributed by atoms with Crippen molar-refractivity contribution in [1.29, 1.82) is 0 Å². The van der Waals surface area contributed by atoms with Gasteiger partial charge in [0.25, 0.3) is 5.91 Å². The van der Waals surface area contributed by atoms with Crippen molar-refractivity contribution in [2.75, 3.05) is 6.54 Å². The third-order valence-corrected chi connectivity index (χ3v) is 4.58. The highest BCUT2D eigenvalue weighted by molar-refractivity contribution is 5.95. The lowest BCUT2D eigenvalue weighted by Crippen LogP contribution is -2.44. The van der Waals surface area contributed by atoms with Crippen molar-refractivity contribution in [3.05, 3.63) is 52.8 Å². The number of rotatable bonds is 5. The molecule has 0 saturated heterocycles. The molecule has 2 N–H and O–H groups in total. The average Bonchev–Trinajstić information content (AvgIpc) is 3.04. The van der Waals surface area contributed by atoms with E-state index in [-0.39, 0.29) is 17.9 Å². The van der Waals surface area contributed by atoms with Crippen LogP contribution in [0.3, 0.4) is 0 Å². The first kappa shape index (κ1) is 16.7. The zero-order valence-corrected chi connectivity index (χ0v) is 14.7. The van der Waals surface area contributed by atoms with E-state index in [2.05, 4.69) is 53.8 Å². The van der Waals surface area contributed by atoms with Gasteiger partial charge >= 0.3 is 0 Å². The summed E-state index contributed by atoms with van der Waals surface area (Å²) in [6, 6.07) is 8.75. The van der Waals surface area contributed by atoms with E-state index < -0.39 is 0 Å². The lowest BCUT2D eigenvalue weighted by atomic mass is 9.96. The van der Waals surface area contributed by atoms with Crippen LogP contribution in [0, 0.1) is 0 Å². The Morgan fingerprint density at radius 1 is 1.38 bits per heavy atom. The number of aromatic nitrogens is 2. The standard InChI is InChI=1S/C19H26N4O/c1-4-23-12-17(18(22-23)13(2)3)19(24)21-11-16-9-14-7-5-6-8-15(14)10-20-16/h5-8,12-13,16,20H,4,9-11H2,1-3H3,(H,21,24)/t16-/m1/s1. The van der Waals surface area contributed by atoms with Crippen molar-refractivity contribution in [3.63, 3.8) is 0 Å². The van der Waals surface area contributed by atoms with Gasteiger partial charge in [0, 0.05) is 31.9 Å². The smallest absolute Gasteiger partial charge is 0.254 e. The van der Waals surface area contributed by atoms with Crippen molar-refractivity contribution in [2.24, 2.45) is 0 Å². The predicted molar refractivity (Wildman–Crippen MR) is 95.1 cm³/mol. The molecule has 0 saturated carbocycles. The van der Waals surface area contributed by atoms with Crippen molar-refractivity contribution in [1.82, 2.24) is 20.4 Å². The molecule has 0 aliphatic carbocycles. The van der Waals surface area contributed by atoms with Crippen molar-refractivity contribution >= 4 is 5.91 Å². The highest BCUT2D eigenvalue weighted by atomic mass is 16.1. The fourth-order valence-electron chi connectivity index (χ4n) is 3.18. The lowest BCUT2D eigenvalue weighted by Gasteiger charge is -2.26. The zero-order valence-electron chi connectivity index (χ0n) is 14.7. The summed E-state index contributed by atoms with van der Waals surface area (Å²) in [5, 5.41) is 11.1. The number of hydrogen-bond donors (Lipinski definition) is 2. The number of amides is 1. The Balaban J connectivity index is 1.63. The van der Waals surface area contributed by atoms with E-state index in [1.165, 1.54) is 11.1 Å². The molecule has 1 aliphatic rings. The van der Waals surface area contributed by atoms with Crippen LogP contribution < -0.4 is 10.6 Å². The Morgan fingerprint density at radius 2 is 2.12 bits per heavy atom. The van der Waals surface area contributed by atoms with E-state index in [0.29, 0.717) is 12.1 Å². The van der Waals surface area contributed by atoms with Crippen molar-refractivity contribution in [3.8, 4) is 0 Å². The summed E-state index contributed by atoms with van der Waals surface area (Å²) >= 11 is 0. The van der Waals surface area contributed by atoms with Gasteiger partial charge in [0.05, 0.1) is 11.3 Å². The number of aryl methyl sites for hydroxylation is 1. The highest BCUT2D eigenvalue weighted by Crippen LogP contribution is 2.18. The van der Waals surface area contributed by atoms with Crippen LogP contribution in [0.5, 0.6) is 0 Å². The molecule has 1 aromatic carbocycles. The zero-order chi connectivity index (χ0) is 17.1. The molecule has 5 nitrogen and oxygen atoms in total. The molecule has 2 aromatic rings. The average molecular weight is 326 g/mol. The van der Waals surface area contributed by atoms with Crippen LogP contribution in [-0.2, 0) is 19.5 Å². The van der Waals surface area contributed by atoms with Gasteiger partial charge in [-0.1, -0.05) is 38.1 Å². The molecule has 1 amide bonds. The topological polar surface area (TPSA) is 59.0 Å². The molecule has 0 spiro atoms. The number of carbonyl (C=O) groups is 1. The normalized spacial score (nSPS) is 16.9. The minimum absolute atomic E-state index is 0.0286. The predicted octanol–water partition coefficient (Wildman–Crippen LogP) is 2.47. The van der Waals surface area contributed by atoms with Gasteiger partial charge in [0.1, 0.15) is 0 Å². The first-order valence-corrected chi connectivity index (χ1v) is 8.74. The van der Waals surface area contributed by atoms with E-state index in [1.807, 2.05) is 17.8 Å². The highest BCUT2D eigenvalue weighted by Gasteiger charge is 2.21. The summed E-state index contributed by atoms with van der Waals surface area (Å²) in [5.41, 5.74) is 4.29. The molecule has 128 valence electrons. The van der Waals surface area contributed by atoms with Crippen LogP contribution in [0.1, 0.15) is 53.9 Å². The molecule has 0 radical (unpaired) electrons. The molecule has 0 unspecified atom stereocenters. The molecule has 5 heteroatoms. The summed E-state index contributed by atoms with van der Waals surface area (Å²) in [5.74, 6) is 0.206. The van der Waals surface area contributed by atoms with Gasteiger partial charge in [0.15, 0.2) is 0 Å². The minimum Gasteiger partial charge on any atom is -0.350 e. The van der Waals surface area contributed by atoms with Gasteiger partial charge in [-0.05, 0) is 30.4 Å². The summed E-state index contributed by atoms with van der Waals surface area (Å²) in [6.45, 7) is 8.43. The monoisotopic (exact) mass is 326 g/mol. The van der Waals surface area contributed by atoms with Gasteiger partial charge in [-0.3, -0.25) is 9.48 Å². The Hall–Kier alpha value is -2.14. The maximum Gasteiger partial charge on any atom is 0.254 e. The van der Waals surface area contributed by atoms with Crippen LogP contribution in [0.25, 0.3) is 0 Å². The second-order valence-electron chi connectivity index (χ2n) is 6.70. The Labute approximate surface area is 143 Å². The number of nitrogens with zero attached hydrogens (tertiary/aromatic N) is 2. The quantitative estimate of drug-likeness (QED) is 0.887. The van der Waals surface area contributed by atoms with Gasteiger partial charge in [-0.2, -0.15) is 5.10 Å². The maximum absolute atomic E-state index is 12.6. The Bertz CT molecular complexity index is 720. The van der Waals surface area contributed by atoms with E-state index in [1.54, 1.807) is 0 Å². The van der Waals surface area contributed by atoms with E-state index in [4.69, 9.17) is 0 Å². The van der Waals surface area contributed by atoms with Gasteiger partial charge in [0.2, 0.25) is 0 Å². The lowest BCUT2D eigenvalue weighted by molar-refractivity contribution is 0.0947. The molecular formula is C19H26N4O. The van der Waals surface area contributed by atoms with Crippen LogP contribution in [0.2, 0.25) is 0 Å². The summed E-state index contributed by atoms with van der Waals surface area (Å²) < 4.78 is 1.83. The van der Waals surface area contributed by atoms with Crippen LogP contribution >= 0.6 is 0 Å². The Kier molecular flexibility index (Phi) is 5.00. The summed E-state index contributed by atoms with van der Waals surface area (Å²) in [4.78, 5) is 12.6. The first-order valence-electron chi connectivity index (χ1n) is 8.74. The first-order chi connectivity index (χ1) is 11.6. The minimum atomic E-state index is -0.0286. The van der Waals surface area contributed by atoms with Crippen LogP contribution in [0.15, 0.2) is 30.5 Å². The molecule has 1 atom stereocenters. The molecule has 24 heavy (non-hydrogen) atoms. The molecule has 0 bridgehead atoms. The molecule has 3 rings (SSSR count). The fraction of sp³-hybridized carbons (Fsp3) is 0.474. The van der Waals surface area contributed by atoms with Crippen molar-refractivity contribution < 1.29 is 4.79 Å². The molecular weight excluding hydrogens is 300 g/mol. The third kappa shape index (κ3) is 3.51. The second kappa shape index (κ2) is 7.18. The SMILES string of the molecule is CCn1cc(C(=O)NC[C@H]2Cc3ccccc3CN2)c(C(C)C)n1. The molecule has 1 aliphatic heterocycles. The van der Waals surface area contributed by atoms with Crippen LogP contribution in [0.4, 0.5) is 0 Å². The largest absolute Gasteiger partial charge is 0.350 e. The second-order valence-corrected chi connectivity index (χ2v) is 6.70. The number of carbonyl (C=O) groups excluding carboxylic acids is 1. The summed E-state index contributed by atoms with van der Waals surface area (Å²) in [7, 11) is 0. The number of fused-ring (bicyclic) bond motifs is 1. The molecule has 2 heterocycles. The maximum atomic E-state index is 12.6. The molecule has 0 fully saturated rings. The van der Waals surface area contributed by atoms with E-state index >= 15 is 0 Å².